The molecule has 0 radical (unpaired) electrons. The Balaban J connectivity index is 1.31. The van der Waals surface area contributed by atoms with Crippen LogP contribution in [0.5, 0.6) is 0 Å². The summed E-state index contributed by atoms with van der Waals surface area (Å²) in [5.41, 5.74) is 0.160. The molecule has 3 aliphatic heterocycles. The zero-order valence-corrected chi connectivity index (χ0v) is 25.1. The first kappa shape index (κ1) is 30.6. The van der Waals surface area contributed by atoms with E-state index in [1.54, 1.807) is 36.4 Å². The largest absolute Gasteiger partial charge is 0.434 e. The summed E-state index contributed by atoms with van der Waals surface area (Å²) in [7, 11) is -4.04. The highest BCUT2D eigenvalue weighted by Crippen LogP contribution is 2.30. The zero-order valence-electron chi connectivity index (χ0n) is 24.2. The number of aliphatic hydroxyl groups excluding tert-OH is 1. The number of hydrogen-bond acceptors (Lipinski definition) is 9. The van der Waals surface area contributed by atoms with Gasteiger partial charge in [-0.25, -0.2) is 8.42 Å². The molecule has 5 unspecified atom stereocenters. The van der Waals surface area contributed by atoms with Crippen LogP contribution in [0.1, 0.15) is 42.6 Å². The fourth-order valence-corrected chi connectivity index (χ4v) is 7.79. The number of nitrogens with zero attached hydrogens (tertiary/aromatic N) is 3. The van der Waals surface area contributed by atoms with Gasteiger partial charge in [0.1, 0.15) is 23.8 Å². The van der Waals surface area contributed by atoms with Crippen LogP contribution in [0.25, 0.3) is 10.8 Å². The van der Waals surface area contributed by atoms with Crippen LogP contribution in [0.3, 0.4) is 0 Å². The number of aromatic nitrogens is 1. The van der Waals surface area contributed by atoms with Crippen molar-refractivity contribution in [1.29, 1.82) is 0 Å². The molecule has 3 N–H and O–H groups in total. The number of fused-ring (bicyclic) bond motifs is 2. The number of nitrogens with one attached hydrogen (secondary N) is 2. The quantitative estimate of drug-likeness (QED) is 0.333. The van der Waals surface area contributed by atoms with Crippen molar-refractivity contribution >= 4 is 44.5 Å². The SMILES string of the molecule is O=C1CC(NC(=O)C2CN(S(=O)(=O)c3ccccc3)CC3CCCCC(NC(=O)c4nccc5ccccc45)C(=O)N32)C(O)O1. The Hall–Kier alpha value is -4.40. The first-order valence-electron chi connectivity index (χ1n) is 14.8. The molecule has 6 rings (SSSR count). The number of carbonyl (C=O) groups is 4. The van der Waals surface area contributed by atoms with Gasteiger partial charge in [-0.1, -0.05) is 55.3 Å². The molecule has 3 aliphatic rings. The van der Waals surface area contributed by atoms with E-state index >= 15 is 0 Å². The number of rotatable bonds is 6. The summed E-state index contributed by atoms with van der Waals surface area (Å²) < 4.78 is 33.4. The van der Waals surface area contributed by atoms with Crippen molar-refractivity contribution in [2.45, 2.75) is 67.5 Å². The first-order valence-corrected chi connectivity index (χ1v) is 16.3. The van der Waals surface area contributed by atoms with E-state index in [1.807, 2.05) is 12.1 Å². The Labute approximate surface area is 259 Å². The number of aliphatic hydroxyl groups is 1. The molecule has 3 aromatic rings. The number of piperazine rings is 1. The van der Waals surface area contributed by atoms with Crippen molar-refractivity contribution in [2.24, 2.45) is 0 Å². The second kappa shape index (κ2) is 12.5. The second-order valence-corrected chi connectivity index (χ2v) is 13.4. The molecule has 0 aliphatic carbocycles. The normalized spacial score (nSPS) is 26.0. The van der Waals surface area contributed by atoms with Gasteiger partial charge in [0.25, 0.3) is 5.91 Å². The minimum Gasteiger partial charge on any atom is -0.434 e. The van der Waals surface area contributed by atoms with Crippen LogP contribution in [0, 0.1) is 0 Å². The number of sulfonamides is 1. The van der Waals surface area contributed by atoms with E-state index in [2.05, 4.69) is 15.6 Å². The van der Waals surface area contributed by atoms with Crippen LogP contribution >= 0.6 is 0 Å². The molecule has 0 spiro atoms. The van der Waals surface area contributed by atoms with Crippen molar-refractivity contribution in [3.63, 3.8) is 0 Å². The lowest BCUT2D eigenvalue weighted by Crippen LogP contribution is -2.68. The summed E-state index contributed by atoms with van der Waals surface area (Å²) in [6.45, 7) is -0.416. The lowest BCUT2D eigenvalue weighted by Gasteiger charge is -2.47. The molecule has 3 fully saturated rings. The number of pyridine rings is 1. The first-order chi connectivity index (χ1) is 21.6. The maximum atomic E-state index is 14.3. The predicted molar refractivity (Wildman–Crippen MR) is 160 cm³/mol. The molecule has 0 saturated carbocycles. The maximum Gasteiger partial charge on any atom is 0.310 e. The van der Waals surface area contributed by atoms with Crippen LogP contribution in [0.15, 0.2) is 71.8 Å². The minimum atomic E-state index is -4.04. The summed E-state index contributed by atoms with van der Waals surface area (Å²) in [5, 5.41) is 17.0. The number of carbonyl (C=O) groups excluding carboxylic acids is 4. The van der Waals surface area contributed by atoms with Gasteiger partial charge < -0.3 is 25.4 Å². The van der Waals surface area contributed by atoms with E-state index in [0.717, 1.165) is 5.39 Å². The maximum absolute atomic E-state index is 14.3. The Morgan fingerprint density at radius 3 is 2.42 bits per heavy atom. The molecular formula is C31H33N5O8S. The topological polar surface area (TPSA) is 175 Å². The van der Waals surface area contributed by atoms with Crippen LogP contribution < -0.4 is 10.6 Å². The molecule has 236 valence electrons. The number of benzene rings is 2. The van der Waals surface area contributed by atoms with E-state index < -0.39 is 64.2 Å². The van der Waals surface area contributed by atoms with Gasteiger partial charge in [0.2, 0.25) is 28.1 Å². The molecule has 1 aromatic heterocycles. The summed E-state index contributed by atoms with van der Waals surface area (Å²) in [6.07, 6.45) is 1.60. The third-order valence-corrected chi connectivity index (χ3v) is 10.4. The van der Waals surface area contributed by atoms with Gasteiger partial charge >= 0.3 is 5.97 Å². The summed E-state index contributed by atoms with van der Waals surface area (Å²) >= 11 is 0. The Morgan fingerprint density at radius 2 is 1.67 bits per heavy atom. The van der Waals surface area contributed by atoms with E-state index in [0.29, 0.717) is 31.1 Å². The van der Waals surface area contributed by atoms with E-state index in [-0.39, 0.29) is 30.1 Å². The molecule has 3 saturated heterocycles. The van der Waals surface area contributed by atoms with Crippen LogP contribution in [0.2, 0.25) is 0 Å². The second-order valence-electron chi connectivity index (χ2n) is 11.4. The molecule has 14 heteroatoms. The van der Waals surface area contributed by atoms with Crippen molar-refractivity contribution in [2.75, 3.05) is 13.1 Å². The van der Waals surface area contributed by atoms with E-state index in [1.165, 1.54) is 27.5 Å². The van der Waals surface area contributed by atoms with Crippen molar-refractivity contribution in [3.05, 3.63) is 72.6 Å². The monoisotopic (exact) mass is 635 g/mol. The fourth-order valence-electron chi connectivity index (χ4n) is 6.28. The van der Waals surface area contributed by atoms with Gasteiger partial charge in [-0.3, -0.25) is 24.2 Å². The van der Waals surface area contributed by atoms with Gasteiger partial charge in [0, 0.05) is 30.7 Å². The van der Waals surface area contributed by atoms with E-state index in [4.69, 9.17) is 4.74 Å². The molecule has 2 aromatic carbocycles. The molecule has 3 amide bonds. The predicted octanol–water partition coefficient (Wildman–Crippen LogP) is 0.928. The Kier molecular flexibility index (Phi) is 8.53. The van der Waals surface area contributed by atoms with Crippen molar-refractivity contribution < 1.29 is 37.4 Å². The number of amides is 3. The molecule has 45 heavy (non-hydrogen) atoms. The third kappa shape index (κ3) is 6.13. The molecular weight excluding hydrogens is 602 g/mol. The van der Waals surface area contributed by atoms with E-state index in [9.17, 15) is 32.7 Å². The average Bonchev–Trinajstić information content (AvgIpc) is 3.36. The number of ether oxygens (including phenoxy) is 1. The van der Waals surface area contributed by atoms with Gasteiger partial charge in [0.05, 0.1) is 11.3 Å². The number of hydrogen-bond donors (Lipinski definition) is 3. The van der Waals surface area contributed by atoms with Gasteiger partial charge in [-0.05, 0) is 36.4 Å². The summed E-state index contributed by atoms with van der Waals surface area (Å²) in [6, 6.07) is 12.8. The zero-order chi connectivity index (χ0) is 31.7. The van der Waals surface area contributed by atoms with Crippen LogP contribution in [0.4, 0.5) is 0 Å². The molecule has 13 nitrogen and oxygen atoms in total. The van der Waals surface area contributed by atoms with Crippen molar-refractivity contribution in [1.82, 2.24) is 24.8 Å². The lowest BCUT2D eigenvalue weighted by atomic mass is 9.94. The van der Waals surface area contributed by atoms with Crippen LogP contribution in [-0.4, -0.2) is 95.0 Å². The highest BCUT2D eigenvalue weighted by atomic mass is 32.2. The molecule has 5 atom stereocenters. The number of esters is 1. The number of cyclic esters (lactones) is 1. The summed E-state index contributed by atoms with van der Waals surface area (Å²) in [4.78, 5) is 59.0. The van der Waals surface area contributed by atoms with Gasteiger partial charge in [-0.15, -0.1) is 0 Å². The molecule has 4 heterocycles. The van der Waals surface area contributed by atoms with Crippen molar-refractivity contribution in [3.8, 4) is 0 Å². The summed E-state index contributed by atoms with van der Waals surface area (Å²) in [5.74, 6) is -2.51. The highest BCUT2D eigenvalue weighted by Gasteiger charge is 2.48. The Bertz CT molecular complexity index is 1730. The fraction of sp³-hybridized carbons (Fsp3) is 0.387. The standard InChI is InChI=1S/C31H33N5O8S/c37-26-16-24(31(41)44-26)34-28(38)25-18-35(45(42,43)21-10-2-1-3-11-21)17-20-9-5-7-13-23(30(40)36(20)25)33-29(39)27-22-12-6-4-8-19(22)14-15-32-27/h1-4,6,8,10-12,14-15,20,23-25,31,41H,5,7,9,13,16-18H2,(H,33,39)(H,34,38). The lowest BCUT2D eigenvalue weighted by molar-refractivity contribution is -0.156. The smallest absolute Gasteiger partial charge is 0.310 e. The Morgan fingerprint density at radius 1 is 0.933 bits per heavy atom. The van der Waals surface area contributed by atoms with Crippen LogP contribution in [-0.2, 0) is 29.1 Å². The third-order valence-electron chi connectivity index (χ3n) is 8.54. The van der Waals surface area contributed by atoms with Gasteiger partial charge in [-0.2, -0.15) is 4.31 Å². The highest BCUT2D eigenvalue weighted by molar-refractivity contribution is 7.89. The molecule has 0 bridgehead atoms. The van der Waals surface area contributed by atoms with Gasteiger partial charge in [0.15, 0.2) is 0 Å². The minimum absolute atomic E-state index is 0.0488. The average molecular weight is 636 g/mol.